The molecule has 0 spiro atoms. The van der Waals surface area contributed by atoms with E-state index >= 15 is 0 Å². The van der Waals surface area contributed by atoms with Crippen LogP contribution in [0.5, 0.6) is 0 Å². The van der Waals surface area contributed by atoms with Gasteiger partial charge in [0.15, 0.2) is 12.6 Å². The number of amides is 1. The van der Waals surface area contributed by atoms with Crippen LogP contribution >= 0.6 is 0 Å². The average molecular weight is 1040 g/mol. The Morgan fingerprint density at radius 2 is 0.863 bits per heavy atom. The summed E-state index contributed by atoms with van der Waals surface area (Å²) in [7, 11) is 0. The number of rotatable bonds is 49. The van der Waals surface area contributed by atoms with Crippen LogP contribution in [0.1, 0.15) is 264 Å². The lowest BCUT2D eigenvalue weighted by Crippen LogP contribution is -2.65. The Kier molecular flexibility index (Phi) is 42.5. The number of carbonyl (C=O) groups is 1. The molecular weight excluding hydrogens is 931 g/mol. The van der Waals surface area contributed by atoms with E-state index in [1.54, 1.807) is 0 Å². The highest BCUT2D eigenvalue weighted by atomic mass is 16.7. The quantitative estimate of drug-likeness (QED) is 0.0204. The van der Waals surface area contributed by atoms with Gasteiger partial charge in [0.2, 0.25) is 5.91 Å². The van der Waals surface area contributed by atoms with E-state index < -0.39 is 86.8 Å². The third-order valence-corrected chi connectivity index (χ3v) is 15.2. The number of carbonyl (C=O) groups excluding carboxylic acids is 1. The van der Waals surface area contributed by atoms with Crippen molar-refractivity contribution in [3.63, 3.8) is 0 Å². The largest absolute Gasteiger partial charge is 0.394 e. The van der Waals surface area contributed by atoms with Gasteiger partial charge >= 0.3 is 0 Å². The molecule has 14 heteroatoms. The first-order chi connectivity index (χ1) is 35.6. The number of aliphatic hydroxyl groups is 8. The van der Waals surface area contributed by atoms with E-state index in [0.717, 1.165) is 51.4 Å². The Morgan fingerprint density at radius 3 is 1.30 bits per heavy atom. The van der Waals surface area contributed by atoms with Crippen molar-refractivity contribution < 1.29 is 64.6 Å². The van der Waals surface area contributed by atoms with Crippen molar-refractivity contribution in [2.75, 3.05) is 19.8 Å². The molecular formula is C59H113NO13. The maximum atomic E-state index is 13.3. The Morgan fingerprint density at radius 1 is 0.479 bits per heavy atom. The number of ether oxygens (including phenoxy) is 4. The molecule has 0 aromatic carbocycles. The number of nitrogens with one attached hydrogen (secondary N) is 1. The standard InChI is InChI=1S/C59H113NO13/c1-3-5-7-9-11-13-15-17-19-21-23-24-25-27-29-31-33-35-37-39-41-43-51(64)60-47(48(63)42-40-38-36-34-32-30-28-26-22-20-18-16-14-12-10-8-6-4-2)46-70-58-56(69)54(67)57(50(45-62)72-58)73-59-55(68)53(66)52(65)49(44-61)71-59/h21,23,47-50,52-59,61-63,65-69H,3-20,22,24-46H2,1-2H3,(H,60,64)/b23-21-. The number of unbranched alkanes of at least 4 members (excludes halogenated alkanes) is 34. The molecule has 2 fully saturated rings. The molecule has 12 unspecified atom stereocenters. The summed E-state index contributed by atoms with van der Waals surface area (Å²) in [6.45, 7) is 2.89. The average Bonchev–Trinajstić information content (AvgIpc) is 3.39. The van der Waals surface area contributed by atoms with Gasteiger partial charge in [0.25, 0.3) is 0 Å². The summed E-state index contributed by atoms with van der Waals surface area (Å²) < 4.78 is 22.8. The van der Waals surface area contributed by atoms with E-state index in [-0.39, 0.29) is 12.5 Å². The zero-order chi connectivity index (χ0) is 53.2. The lowest BCUT2D eigenvalue weighted by atomic mass is 9.97. The Bertz CT molecular complexity index is 1280. The van der Waals surface area contributed by atoms with Crippen molar-refractivity contribution in [2.24, 2.45) is 0 Å². The highest BCUT2D eigenvalue weighted by molar-refractivity contribution is 5.76. The van der Waals surface area contributed by atoms with E-state index in [0.29, 0.717) is 12.8 Å². The zero-order valence-corrected chi connectivity index (χ0v) is 46.4. The molecule has 0 saturated carbocycles. The number of allylic oxidation sites excluding steroid dienone is 2. The van der Waals surface area contributed by atoms with Crippen molar-refractivity contribution in [2.45, 2.75) is 338 Å². The van der Waals surface area contributed by atoms with Gasteiger partial charge in [0, 0.05) is 6.42 Å². The molecule has 2 saturated heterocycles. The third kappa shape index (κ3) is 31.7. The normalized spacial score (nSPS) is 25.4. The molecule has 14 nitrogen and oxygen atoms in total. The van der Waals surface area contributed by atoms with Gasteiger partial charge < -0.3 is 65.1 Å². The molecule has 1 amide bonds. The molecule has 0 aromatic heterocycles. The molecule has 2 aliphatic heterocycles. The van der Waals surface area contributed by atoms with E-state index in [1.165, 1.54) is 186 Å². The molecule has 0 aromatic rings. The van der Waals surface area contributed by atoms with Crippen LogP contribution in [-0.2, 0) is 23.7 Å². The van der Waals surface area contributed by atoms with Crippen LogP contribution in [0.2, 0.25) is 0 Å². The molecule has 2 rings (SSSR count). The predicted molar refractivity (Wildman–Crippen MR) is 291 cm³/mol. The van der Waals surface area contributed by atoms with Gasteiger partial charge in [-0.15, -0.1) is 0 Å². The van der Waals surface area contributed by atoms with Crippen molar-refractivity contribution >= 4 is 5.91 Å². The molecule has 0 radical (unpaired) electrons. The second-order valence-corrected chi connectivity index (χ2v) is 21.8. The Labute approximate surface area is 444 Å². The minimum atomic E-state index is -1.78. The molecule has 432 valence electrons. The van der Waals surface area contributed by atoms with E-state index in [9.17, 15) is 45.6 Å². The van der Waals surface area contributed by atoms with Crippen LogP contribution in [-0.4, -0.2) is 140 Å². The lowest BCUT2D eigenvalue weighted by molar-refractivity contribution is -0.359. The number of hydrogen-bond donors (Lipinski definition) is 9. The van der Waals surface area contributed by atoms with Crippen LogP contribution in [0, 0.1) is 0 Å². The molecule has 0 aliphatic carbocycles. The highest BCUT2D eigenvalue weighted by Crippen LogP contribution is 2.30. The van der Waals surface area contributed by atoms with Gasteiger partial charge in [-0.05, 0) is 38.5 Å². The van der Waals surface area contributed by atoms with Crippen LogP contribution < -0.4 is 5.32 Å². The van der Waals surface area contributed by atoms with Gasteiger partial charge in [-0.2, -0.15) is 0 Å². The van der Waals surface area contributed by atoms with E-state index in [1.807, 2.05) is 0 Å². The summed E-state index contributed by atoms with van der Waals surface area (Å²) in [6.07, 6.45) is 34.9. The van der Waals surface area contributed by atoms with E-state index in [4.69, 9.17) is 18.9 Å². The van der Waals surface area contributed by atoms with Gasteiger partial charge in [-0.1, -0.05) is 231 Å². The maximum absolute atomic E-state index is 13.3. The molecule has 73 heavy (non-hydrogen) atoms. The Balaban J connectivity index is 1.75. The SMILES string of the molecule is CCCCCCCCCC/C=C\CCCCCCCCCCCC(=O)NC(COC1OC(CO)C(OC2OC(CO)C(O)C(O)C2O)C(O)C1O)C(O)CCCCCCCCCCCCCCCCCCCC. The first-order valence-corrected chi connectivity index (χ1v) is 30.4. The summed E-state index contributed by atoms with van der Waals surface area (Å²) in [5, 5.41) is 87.3. The first-order valence-electron chi connectivity index (χ1n) is 30.4. The summed E-state index contributed by atoms with van der Waals surface area (Å²) in [4.78, 5) is 13.3. The monoisotopic (exact) mass is 1040 g/mol. The minimum absolute atomic E-state index is 0.205. The molecule has 9 N–H and O–H groups in total. The van der Waals surface area contributed by atoms with Gasteiger partial charge in [0.1, 0.15) is 48.8 Å². The minimum Gasteiger partial charge on any atom is -0.394 e. The van der Waals surface area contributed by atoms with Crippen LogP contribution in [0.4, 0.5) is 0 Å². The summed E-state index contributed by atoms with van der Waals surface area (Å²) in [5.41, 5.74) is 0. The zero-order valence-electron chi connectivity index (χ0n) is 46.4. The Hall–Kier alpha value is -1.27. The second-order valence-electron chi connectivity index (χ2n) is 21.8. The fraction of sp³-hybridized carbons (Fsp3) is 0.949. The van der Waals surface area contributed by atoms with Crippen molar-refractivity contribution in [3.05, 3.63) is 12.2 Å². The fourth-order valence-corrected chi connectivity index (χ4v) is 10.3. The molecule has 2 heterocycles. The van der Waals surface area contributed by atoms with Crippen molar-refractivity contribution in [1.29, 1.82) is 0 Å². The summed E-state index contributed by atoms with van der Waals surface area (Å²) in [5.74, 6) is -0.205. The van der Waals surface area contributed by atoms with Crippen LogP contribution in [0.25, 0.3) is 0 Å². The number of hydrogen-bond acceptors (Lipinski definition) is 13. The van der Waals surface area contributed by atoms with Crippen molar-refractivity contribution in [3.8, 4) is 0 Å². The molecule has 2 aliphatic rings. The maximum Gasteiger partial charge on any atom is 0.220 e. The van der Waals surface area contributed by atoms with Gasteiger partial charge in [0.05, 0.1) is 32.0 Å². The fourth-order valence-electron chi connectivity index (χ4n) is 10.3. The third-order valence-electron chi connectivity index (χ3n) is 15.2. The van der Waals surface area contributed by atoms with Crippen LogP contribution in [0.3, 0.4) is 0 Å². The summed E-state index contributed by atoms with van der Waals surface area (Å²) in [6, 6.07) is -0.827. The molecule has 0 bridgehead atoms. The predicted octanol–water partition coefficient (Wildman–Crippen LogP) is 10.3. The topological polar surface area (TPSA) is 228 Å². The summed E-state index contributed by atoms with van der Waals surface area (Å²) >= 11 is 0. The number of aliphatic hydroxyl groups excluding tert-OH is 8. The first kappa shape index (κ1) is 67.8. The van der Waals surface area contributed by atoms with Crippen molar-refractivity contribution in [1.82, 2.24) is 5.32 Å². The lowest BCUT2D eigenvalue weighted by Gasteiger charge is -2.46. The smallest absolute Gasteiger partial charge is 0.220 e. The highest BCUT2D eigenvalue weighted by Gasteiger charge is 2.51. The second kappa shape index (κ2) is 45.7. The molecule has 12 atom stereocenters. The van der Waals surface area contributed by atoms with Crippen LogP contribution in [0.15, 0.2) is 12.2 Å². The van der Waals surface area contributed by atoms with E-state index in [2.05, 4.69) is 31.3 Å². The van der Waals surface area contributed by atoms with Gasteiger partial charge in [-0.25, -0.2) is 0 Å². The van der Waals surface area contributed by atoms with Gasteiger partial charge in [-0.3, -0.25) is 4.79 Å².